The number of amides is 1. The van der Waals surface area contributed by atoms with Crippen LogP contribution in [0.4, 0.5) is 4.39 Å². The zero-order valence-electron chi connectivity index (χ0n) is 12.1. The summed E-state index contributed by atoms with van der Waals surface area (Å²) >= 11 is 3.18. The van der Waals surface area contributed by atoms with Gasteiger partial charge < -0.3 is 5.32 Å². The fourth-order valence-electron chi connectivity index (χ4n) is 1.85. The number of sulfonamides is 1. The van der Waals surface area contributed by atoms with E-state index in [9.17, 15) is 17.6 Å². The highest BCUT2D eigenvalue weighted by atomic mass is 79.9. The van der Waals surface area contributed by atoms with Crippen LogP contribution in [-0.4, -0.2) is 21.4 Å². The SMILES string of the molecule is CNS(=O)(=O)c1ccc(CNC(=O)c2cc(Br)ccc2F)cc1. The van der Waals surface area contributed by atoms with Gasteiger partial charge in [0, 0.05) is 11.0 Å². The molecular weight excluding hydrogens is 387 g/mol. The minimum atomic E-state index is -3.49. The second-order valence-electron chi connectivity index (χ2n) is 4.66. The molecule has 0 aliphatic heterocycles. The fourth-order valence-corrected chi connectivity index (χ4v) is 2.94. The molecule has 23 heavy (non-hydrogen) atoms. The molecule has 0 aliphatic rings. The molecule has 0 saturated carbocycles. The van der Waals surface area contributed by atoms with Gasteiger partial charge in [-0.25, -0.2) is 17.5 Å². The summed E-state index contributed by atoms with van der Waals surface area (Å²) in [5.74, 6) is -1.16. The Balaban J connectivity index is 2.06. The molecule has 2 aromatic carbocycles. The van der Waals surface area contributed by atoms with Crippen molar-refractivity contribution in [3.8, 4) is 0 Å². The molecule has 5 nitrogen and oxygen atoms in total. The Morgan fingerprint density at radius 3 is 2.43 bits per heavy atom. The van der Waals surface area contributed by atoms with Crippen LogP contribution in [0.25, 0.3) is 0 Å². The highest BCUT2D eigenvalue weighted by molar-refractivity contribution is 9.10. The average Bonchev–Trinajstić information content (AvgIpc) is 2.55. The number of halogens is 2. The number of rotatable bonds is 5. The first-order chi connectivity index (χ1) is 10.8. The van der Waals surface area contributed by atoms with Crippen molar-refractivity contribution in [1.29, 1.82) is 0 Å². The van der Waals surface area contributed by atoms with Crippen LogP contribution < -0.4 is 10.0 Å². The van der Waals surface area contributed by atoms with Crippen molar-refractivity contribution in [1.82, 2.24) is 10.0 Å². The average molecular weight is 401 g/mol. The van der Waals surface area contributed by atoms with E-state index >= 15 is 0 Å². The molecule has 0 saturated heterocycles. The van der Waals surface area contributed by atoms with E-state index in [1.54, 1.807) is 12.1 Å². The van der Waals surface area contributed by atoms with Crippen LogP contribution in [0.2, 0.25) is 0 Å². The Morgan fingerprint density at radius 1 is 1.17 bits per heavy atom. The smallest absolute Gasteiger partial charge is 0.254 e. The number of carbonyl (C=O) groups excluding carboxylic acids is 1. The number of hydrogen-bond donors (Lipinski definition) is 2. The number of hydrogen-bond acceptors (Lipinski definition) is 3. The van der Waals surface area contributed by atoms with Crippen molar-refractivity contribution in [3.63, 3.8) is 0 Å². The predicted molar refractivity (Wildman–Crippen MR) is 88.0 cm³/mol. The predicted octanol–water partition coefficient (Wildman–Crippen LogP) is 2.43. The minimum Gasteiger partial charge on any atom is -0.348 e. The van der Waals surface area contributed by atoms with Crippen molar-refractivity contribution in [3.05, 3.63) is 63.9 Å². The van der Waals surface area contributed by atoms with Crippen LogP contribution in [0.15, 0.2) is 51.8 Å². The van der Waals surface area contributed by atoms with Gasteiger partial charge in [-0.2, -0.15) is 0 Å². The first-order valence-corrected chi connectivity index (χ1v) is 8.87. The van der Waals surface area contributed by atoms with Gasteiger partial charge >= 0.3 is 0 Å². The van der Waals surface area contributed by atoms with Crippen LogP contribution in [0, 0.1) is 5.82 Å². The molecule has 2 rings (SSSR count). The quantitative estimate of drug-likeness (QED) is 0.808. The first kappa shape index (κ1) is 17.6. The third kappa shape index (κ3) is 4.37. The van der Waals surface area contributed by atoms with E-state index in [-0.39, 0.29) is 17.0 Å². The number of benzene rings is 2. The monoisotopic (exact) mass is 400 g/mol. The van der Waals surface area contributed by atoms with Gasteiger partial charge in [0.05, 0.1) is 10.5 Å². The summed E-state index contributed by atoms with van der Waals surface area (Å²) in [6.07, 6.45) is 0. The van der Waals surface area contributed by atoms with Crippen molar-refractivity contribution in [2.75, 3.05) is 7.05 Å². The molecule has 0 heterocycles. The van der Waals surface area contributed by atoms with Gasteiger partial charge in [-0.3, -0.25) is 4.79 Å². The molecule has 0 fully saturated rings. The van der Waals surface area contributed by atoms with Gasteiger partial charge in [0.2, 0.25) is 10.0 Å². The van der Waals surface area contributed by atoms with Crippen molar-refractivity contribution < 1.29 is 17.6 Å². The summed E-state index contributed by atoms with van der Waals surface area (Å²) in [6.45, 7) is 0.157. The van der Waals surface area contributed by atoms with E-state index in [0.717, 1.165) is 0 Å². The highest BCUT2D eigenvalue weighted by Crippen LogP contribution is 2.16. The number of carbonyl (C=O) groups is 1. The van der Waals surface area contributed by atoms with E-state index in [0.29, 0.717) is 10.0 Å². The standard InChI is InChI=1S/C15H14BrFN2O3S/c1-18-23(21,22)12-5-2-10(3-6-12)9-19-15(20)13-8-11(16)4-7-14(13)17/h2-8,18H,9H2,1H3,(H,19,20). The summed E-state index contributed by atoms with van der Waals surface area (Å²) < 4.78 is 39.6. The molecule has 0 unspecified atom stereocenters. The Bertz CT molecular complexity index is 823. The van der Waals surface area contributed by atoms with Gasteiger partial charge in [-0.05, 0) is 42.9 Å². The van der Waals surface area contributed by atoms with Crippen molar-refractivity contribution in [2.45, 2.75) is 11.4 Å². The van der Waals surface area contributed by atoms with E-state index < -0.39 is 21.7 Å². The Hall–Kier alpha value is -1.77. The summed E-state index contributed by atoms with van der Waals surface area (Å²) in [4.78, 5) is 12.1. The maximum absolute atomic E-state index is 13.6. The van der Waals surface area contributed by atoms with Gasteiger partial charge in [-0.15, -0.1) is 0 Å². The lowest BCUT2D eigenvalue weighted by molar-refractivity contribution is 0.0947. The molecule has 0 spiro atoms. The molecule has 0 aliphatic carbocycles. The zero-order valence-corrected chi connectivity index (χ0v) is 14.5. The van der Waals surface area contributed by atoms with Crippen molar-refractivity contribution in [2.24, 2.45) is 0 Å². The van der Waals surface area contributed by atoms with Crippen molar-refractivity contribution >= 4 is 31.9 Å². The lowest BCUT2D eigenvalue weighted by Crippen LogP contribution is -2.24. The molecule has 8 heteroatoms. The minimum absolute atomic E-state index is 0.0613. The first-order valence-electron chi connectivity index (χ1n) is 6.59. The normalized spacial score (nSPS) is 11.3. The lowest BCUT2D eigenvalue weighted by atomic mass is 10.2. The Labute approximate surface area is 142 Å². The molecule has 0 bridgehead atoms. The van der Waals surface area contributed by atoms with Crippen LogP contribution in [0.5, 0.6) is 0 Å². The molecular formula is C15H14BrFN2O3S. The Kier molecular flexibility index (Phi) is 5.51. The van der Waals surface area contributed by atoms with E-state index in [2.05, 4.69) is 26.0 Å². The molecule has 2 aromatic rings. The second kappa shape index (κ2) is 7.20. The van der Waals surface area contributed by atoms with Gasteiger partial charge in [-0.1, -0.05) is 28.1 Å². The van der Waals surface area contributed by atoms with Crippen LogP contribution in [0.1, 0.15) is 15.9 Å². The van der Waals surface area contributed by atoms with Gasteiger partial charge in [0.1, 0.15) is 5.82 Å². The number of nitrogens with one attached hydrogen (secondary N) is 2. The van der Waals surface area contributed by atoms with E-state index in [1.807, 2.05) is 0 Å². The maximum atomic E-state index is 13.6. The van der Waals surface area contributed by atoms with Gasteiger partial charge in [0.15, 0.2) is 0 Å². The van der Waals surface area contributed by atoms with Crippen LogP contribution in [-0.2, 0) is 16.6 Å². The summed E-state index contributed by atoms with van der Waals surface area (Å²) in [7, 11) is -2.16. The lowest BCUT2D eigenvalue weighted by Gasteiger charge is -2.08. The maximum Gasteiger partial charge on any atom is 0.254 e. The highest BCUT2D eigenvalue weighted by Gasteiger charge is 2.13. The third-order valence-corrected chi connectivity index (χ3v) is 5.05. The molecule has 0 aromatic heterocycles. The molecule has 122 valence electrons. The van der Waals surface area contributed by atoms with Gasteiger partial charge in [0.25, 0.3) is 5.91 Å². The van der Waals surface area contributed by atoms with E-state index in [1.165, 1.54) is 37.4 Å². The molecule has 0 radical (unpaired) electrons. The third-order valence-electron chi connectivity index (χ3n) is 3.13. The summed E-state index contributed by atoms with van der Waals surface area (Å²) in [5.41, 5.74) is 0.637. The molecule has 0 atom stereocenters. The zero-order chi connectivity index (χ0) is 17.0. The topological polar surface area (TPSA) is 75.3 Å². The fraction of sp³-hybridized carbons (Fsp3) is 0.133. The summed E-state index contributed by atoms with van der Waals surface area (Å²) in [5, 5.41) is 2.59. The summed E-state index contributed by atoms with van der Waals surface area (Å²) in [6, 6.07) is 10.2. The van der Waals surface area contributed by atoms with E-state index in [4.69, 9.17) is 0 Å². The van der Waals surface area contributed by atoms with Crippen LogP contribution >= 0.6 is 15.9 Å². The molecule has 1 amide bonds. The second-order valence-corrected chi connectivity index (χ2v) is 7.46. The van der Waals surface area contributed by atoms with Crippen LogP contribution in [0.3, 0.4) is 0 Å². The molecule has 2 N–H and O–H groups in total. The Morgan fingerprint density at radius 2 is 1.83 bits per heavy atom. The largest absolute Gasteiger partial charge is 0.348 e.